The molecule has 222 valence electrons. The maximum atomic E-state index is 12.9. The summed E-state index contributed by atoms with van der Waals surface area (Å²) in [5, 5.41) is 10.8. The highest BCUT2D eigenvalue weighted by molar-refractivity contribution is 7.86. The van der Waals surface area contributed by atoms with Gasteiger partial charge in [0.15, 0.2) is 11.5 Å². The maximum absolute atomic E-state index is 12.9. The number of carbonyl (C=O) groups is 2. The smallest absolute Gasteiger partial charge is 0.343 e. The number of benzene rings is 3. The molecule has 0 amide bonds. The van der Waals surface area contributed by atoms with Crippen LogP contribution >= 0.6 is 0 Å². The lowest BCUT2D eigenvalue weighted by Crippen LogP contribution is -2.39. The first kappa shape index (κ1) is 33.6. The van der Waals surface area contributed by atoms with E-state index in [9.17, 15) is 18.0 Å². The van der Waals surface area contributed by atoms with Gasteiger partial charge in [-0.05, 0) is 83.5 Å². The van der Waals surface area contributed by atoms with Gasteiger partial charge in [-0.2, -0.15) is 8.42 Å². The second kappa shape index (κ2) is 14.9. The van der Waals surface area contributed by atoms with Gasteiger partial charge in [0.05, 0.1) is 17.4 Å². The zero-order valence-corrected chi connectivity index (χ0v) is 25.4. The molecule has 0 aromatic heterocycles. The lowest BCUT2D eigenvalue weighted by atomic mass is 10.1. The van der Waals surface area contributed by atoms with Crippen molar-refractivity contribution in [2.24, 2.45) is 0 Å². The van der Waals surface area contributed by atoms with Crippen LogP contribution in [0.4, 0.5) is 0 Å². The number of ether oxygens (including phenoxy) is 2. The van der Waals surface area contributed by atoms with E-state index in [1.807, 2.05) is 34.6 Å². The normalized spacial score (nSPS) is 12.1. The van der Waals surface area contributed by atoms with E-state index >= 15 is 0 Å². The third-order valence-corrected chi connectivity index (χ3v) is 6.01. The van der Waals surface area contributed by atoms with Gasteiger partial charge in [0.25, 0.3) is 10.1 Å². The first-order valence-electron chi connectivity index (χ1n) is 13.1. The van der Waals surface area contributed by atoms with Crippen molar-refractivity contribution in [2.45, 2.75) is 53.2 Å². The molecule has 0 heterocycles. The van der Waals surface area contributed by atoms with Crippen LogP contribution < -0.4 is 14.8 Å². The van der Waals surface area contributed by atoms with Crippen molar-refractivity contribution in [1.29, 1.82) is 0 Å². The predicted molar refractivity (Wildman–Crippen MR) is 158 cm³/mol. The van der Waals surface area contributed by atoms with Crippen LogP contribution in [0.1, 0.15) is 71.2 Å². The second-order valence-corrected chi connectivity index (χ2v) is 12.1. The average Bonchev–Trinajstić information content (AvgIpc) is 2.87. The Kier molecular flexibility index (Phi) is 12.2. The third-order valence-electron chi connectivity index (χ3n) is 5.43. The first-order chi connectivity index (χ1) is 19.1. The van der Waals surface area contributed by atoms with Crippen LogP contribution in [0, 0.1) is 13.8 Å². The highest BCUT2D eigenvalue weighted by Crippen LogP contribution is 2.33. The number of hydrogen-bond donors (Lipinski definition) is 2. The zero-order chi connectivity index (χ0) is 30.8. The molecule has 2 N–H and O–H groups in total. The molecular weight excluding hydrogens is 546 g/mol. The maximum Gasteiger partial charge on any atom is 0.343 e. The molecule has 0 saturated heterocycles. The summed E-state index contributed by atoms with van der Waals surface area (Å²) in [6.07, 6.45) is 0.0375. The molecule has 3 aromatic carbocycles. The number of aliphatic hydroxyl groups is 1. The molecule has 0 aliphatic heterocycles. The molecule has 0 aliphatic rings. The van der Waals surface area contributed by atoms with E-state index in [1.165, 1.54) is 12.1 Å². The van der Waals surface area contributed by atoms with E-state index in [0.29, 0.717) is 16.7 Å². The van der Waals surface area contributed by atoms with Gasteiger partial charge in [-0.25, -0.2) is 9.59 Å². The van der Waals surface area contributed by atoms with E-state index < -0.39 is 28.2 Å². The van der Waals surface area contributed by atoms with E-state index in [0.717, 1.165) is 17.4 Å². The van der Waals surface area contributed by atoms with Gasteiger partial charge < -0.3 is 19.9 Å². The Morgan fingerprint density at radius 2 is 1.27 bits per heavy atom. The van der Waals surface area contributed by atoms with Crippen LogP contribution in [-0.2, 0) is 14.3 Å². The Hall–Kier alpha value is -3.57. The SMILES string of the molecule is CCO.Cc1ccc(C(=O)Oc2ccc(C(CNC(C)(C)C)OS(C)(=O)=O)cc2OC(=O)c2ccc(C)cc2)cc1. The van der Waals surface area contributed by atoms with Crippen molar-refractivity contribution >= 4 is 22.1 Å². The lowest BCUT2D eigenvalue weighted by molar-refractivity contribution is 0.0681. The third kappa shape index (κ3) is 11.8. The van der Waals surface area contributed by atoms with Crippen molar-refractivity contribution in [1.82, 2.24) is 5.32 Å². The number of aryl methyl sites for hydroxylation is 2. The molecule has 0 aliphatic carbocycles. The molecule has 1 atom stereocenters. The van der Waals surface area contributed by atoms with Gasteiger partial charge in [0, 0.05) is 18.7 Å². The summed E-state index contributed by atoms with van der Waals surface area (Å²) in [5.41, 5.74) is 2.68. The molecule has 1 unspecified atom stereocenters. The van der Waals surface area contributed by atoms with Gasteiger partial charge in [0.1, 0.15) is 6.10 Å². The molecule has 0 bridgehead atoms. The molecule has 3 rings (SSSR count). The minimum absolute atomic E-state index is 0.00155. The number of rotatable bonds is 9. The molecule has 3 aromatic rings. The summed E-state index contributed by atoms with van der Waals surface area (Å²) in [6.45, 7) is 11.7. The summed E-state index contributed by atoms with van der Waals surface area (Å²) in [7, 11) is -3.82. The van der Waals surface area contributed by atoms with Crippen molar-refractivity contribution in [2.75, 3.05) is 19.4 Å². The Bertz CT molecular complexity index is 1410. The van der Waals surface area contributed by atoms with Crippen LogP contribution in [0.2, 0.25) is 0 Å². The van der Waals surface area contributed by atoms with Crippen molar-refractivity contribution < 1.29 is 36.8 Å². The van der Waals surface area contributed by atoms with Gasteiger partial charge in [0.2, 0.25) is 0 Å². The molecule has 0 saturated carbocycles. The highest BCUT2D eigenvalue weighted by Gasteiger charge is 2.24. The van der Waals surface area contributed by atoms with E-state index in [2.05, 4.69) is 5.32 Å². The van der Waals surface area contributed by atoms with Crippen molar-refractivity contribution in [3.8, 4) is 11.5 Å². The van der Waals surface area contributed by atoms with Crippen LogP contribution in [-0.4, -0.2) is 50.4 Å². The number of esters is 2. The predicted octanol–water partition coefficient (Wildman–Crippen LogP) is 5.15. The minimum atomic E-state index is -3.82. The monoisotopic (exact) mass is 585 g/mol. The summed E-state index contributed by atoms with van der Waals surface area (Å²) >= 11 is 0. The molecule has 10 heteroatoms. The molecule has 0 spiro atoms. The molecule has 9 nitrogen and oxygen atoms in total. The van der Waals surface area contributed by atoms with Gasteiger partial charge in [-0.3, -0.25) is 4.18 Å². The summed E-state index contributed by atoms with van der Waals surface area (Å²) in [5.74, 6) is -1.35. The van der Waals surface area contributed by atoms with E-state index in [-0.39, 0.29) is 30.2 Å². The number of aliphatic hydroxyl groups excluding tert-OH is 1. The second-order valence-electron chi connectivity index (χ2n) is 10.5. The van der Waals surface area contributed by atoms with Gasteiger partial charge >= 0.3 is 11.9 Å². The quantitative estimate of drug-likeness (QED) is 0.199. The van der Waals surface area contributed by atoms with Crippen LogP contribution in [0.5, 0.6) is 11.5 Å². The Morgan fingerprint density at radius 3 is 1.68 bits per heavy atom. The van der Waals surface area contributed by atoms with Crippen molar-refractivity contribution in [3.63, 3.8) is 0 Å². The standard InChI is InChI=1S/C29H33NO7S.C2H6O/c1-19-7-11-21(12-8-19)27(31)35-24-16-15-23(26(37-38(6,33)34)18-30-29(3,4)5)17-25(24)36-28(32)22-13-9-20(2)10-14-22;1-2-3/h7-17,26,30H,18H2,1-6H3;3H,2H2,1H3. The summed E-state index contributed by atoms with van der Waals surface area (Å²) < 4.78 is 40.6. The average molecular weight is 586 g/mol. The Labute approximate surface area is 242 Å². The molecular formula is C31H39NO8S. The fraction of sp³-hybridized carbons (Fsp3) is 0.355. The zero-order valence-electron chi connectivity index (χ0n) is 24.6. The minimum Gasteiger partial charge on any atom is -0.419 e. The summed E-state index contributed by atoms with van der Waals surface area (Å²) in [6, 6.07) is 18.1. The van der Waals surface area contributed by atoms with Gasteiger partial charge in [-0.1, -0.05) is 41.5 Å². The highest BCUT2D eigenvalue weighted by atomic mass is 32.2. The van der Waals surface area contributed by atoms with Crippen LogP contribution in [0.15, 0.2) is 66.7 Å². The first-order valence-corrected chi connectivity index (χ1v) is 14.9. The van der Waals surface area contributed by atoms with Crippen molar-refractivity contribution in [3.05, 3.63) is 94.5 Å². The van der Waals surface area contributed by atoms with Crippen LogP contribution in [0.25, 0.3) is 0 Å². The number of nitrogens with one attached hydrogen (secondary N) is 1. The fourth-order valence-corrected chi connectivity index (χ4v) is 4.00. The summed E-state index contributed by atoms with van der Waals surface area (Å²) in [4.78, 5) is 25.7. The number of carbonyl (C=O) groups excluding carboxylic acids is 2. The largest absolute Gasteiger partial charge is 0.419 e. The van der Waals surface area contributed by atoms with E-state index in [4.69, 9.17) is 18.8 Å². The van der Waals surface area contributed by atoms with Crippen LogP contribution in [0.3, 0.4) is 0 Å². The van der Waals surface area contributed by atoms with E-state index in [1.54, 1.807) is 61.5 Å². The Morgan fingerprint density at radius 1 is 0.829 bits per heavy atom. The topological polar surface area (TPSA) is 128 Å². The van der Waals surface area contributed by atoms with Gasteiger partial charge in [-0.15, -0.1) is 0 Å². The molecule has 41 heavy (non-hydrogen) atoms. The number of hydrogen-bond acceptors (Lipinski definition) is 9. The lowest BCUT2D eigenvalue weighted by Gasteiger charge is -2.25. The molecule has 0 radical (unpaired) electrons. The fourth-order valence-electron chi connectivity index (χ4n) is 3.40. The Balaban J connectivity index is 0.00000187. The molecule has 0 fully saturated rings.